The fraction of sp³-hybridized carbons (Fsp3) is 0.593. The summed E-state index contributed by atoms with van der Waals surface area (Å²) in [6.45, 7) is 4.61. The molecule has 0 aromatic heterocycles. The molecule has 534 valence electrons. The van der Waals surface area contributed by atoms with Gasteiger partial charge < -0.3 is 28.5 Å². The summed E-state index contributed by atoms with van der Waals surface area (Å²) in [5, 5.41) is 9.76. The second-order valence-electron chi connectivity index (χ2n) is 25.5. The summed E-state index contributed by atoms with van der Waals surface area (Å²) in [7, 11) is 5.96. The number of rotatable bonds is 67. The predicted molar refractivity (Wildman–Crippen MR) is 409 cm³/mol. The van der Waals surface area contributed by atoms with Gasteiger partial charge in [0.15, 0.2) is 6.10 Å². The molecule has 0 heterocycles. The SMILES string of the molecule is CC/C=C\C/C=C\C/C=C\C/C=C\C/C=C\C/C=C\C/C=C\C/C=C\C/C=C\C/C=C\C/C=C\C/C=C\CCCCCCC(=O)OC(COC(=O)CCCCCCCCCCCCCCCCCC/C=C\C/C=C\C/C=C\C/C=C\CC)COC(OCC[N+](C)(C)C)C(=O)O. The summed E-state index contributed by atoms with van der Waals surface area (Å²) in [5.41, 5.74) is 0. The molecule has 0 bridgehead atoms. The highest BCUT2D eigenvalue weighted by molar-refractivity contribution is 5.71. The second kappa shape index (κ2) is 73.9. The molecule has 0 aliphatic heterocycles. The molecule has 95 heavy (non-hydrogen) atoms. The molecule has 0 aromatic carbocycles. The van der Waals surface area contributed by atoms with Crippen LogP contribution < -0.4 is 0 Å². The minimum Gasteiger partial charge on any atom is -0.477 e. The number of carboxylic acid groups (broad SMARTS) is 1. The van der Waals surface area contributed by atoms with Crippen LogP contribution in [0.2, 0.25) is 0 Å². The van der Waals surface area contributed by atoms with Gasteiger partial charge in [-0.1, -0.05) is 311 Å². The highest BCUT2D eigenvalue weighted by Crippen LogP contribution is 2.16. The Kier molecular flexibility index (Phi) is 69.4. The normalized spacial score (nSPS) is 13.8. The number of aliphatic carboxylic acids is 1. The van der Waals surface area contributed by atoms with E-state index in [4.69, 9.17) is 18.9 Å². The molecule has 0 spiro atoms. The van der Waals surface area contributed by atoms with Crippen LogP contribution in [-0.4, -0.2) is 87.4 Å². The molecule has 2 unspecified atom stereocenters. The number of unbranched alkanes of at least 4 members (excludes halogenated alkanes) is 20. The number of allylic oxidation sites excluding steroid dienone is 32. The van der Waals surface area contributed by atoms with Crippen molar-refractivity contribution in [2.75, 3.05) is 47.5 Å². The Morgan fingerprint density at radius 1 is 0.316 bits per heavy atom. The molecule has 0 aliphatic carbocycles. The molecule has 0 saturated carbocycles. The molecular formula is C86H138NO8+. The third-order valence-corrected chi connectivity index (χ3v) is 15.3. The molecule has 1 N–H and O–H groups in total. The third-order valence-electron chi connectivity index (χ3n) is 15.3. The number of carbonyl (C=O) groups excluding carboxylic acids is 2. The molecule has 0 rings (SSSR count). The maximum Gasteiger partial charge on any atom is 0.361 e. The average molecular weight is 1310 g/mol. The number of carboxylic acids is 1. The minimum absolute atomic E-state index is 0.173. The van der Waals surface area contributed by atoms with E-state index >= 15 is 0 Å². The van der Waals surface area contributed by atoms with Crippen molar-refractivity contribution in [3.63, 3.8) is 0 Å². The van der Waals surface area contributed by atoms with E-state index in [1.807, 2.05) is 21.1 Å². The first-order valence-corrected chi connectivity index (χ1v) is 37.6. The summed E-state index contributed by atoms with van der Waals surface area (Å²) in [5.74, 6) is -2.05. The largest absolute Gasteiger partial charge is 0.477 e. The van der Waals surface area contributed by atoms with E-state index in [1.54, 1.807) is 0 Å². The summed E-state index contributed by atoms with van der Waals surface area (Å²) in [6.07, 6.45) is 111. The first kappa shape index (κ1) is 89.1. The van der Waals surface area contributed by atoms with Crippen LogP contribution in [0, 0.1) is 0 Å². The fourth-order valence-corrected chi connectivity index (χ4v) is 9.69. The van der Waals surface area contributed by atoms with Gasteiger partial charge in [0.25, 0.3) is 6.29 Å². The first-order valence-electron chi connectivity index (χ1n) is 37.6. The molecule has 0 saturated heterocycles. The molecule has 9 nitrogen and oxygen atoms in total. The van der Waals surface area contributed by atoms with Gasteiger partial charge in [0.05, 0.1) is 34.4 Å². The van der Waals surface area contributed by atoms with Crippen molar-refractivity contribution in [1.29, 1.82) is 0 Å². The third kappa shape index (κ3) is 75.4. The Balaban J connectivity index is 4.21. The van der Waals surface area contributed by atoms with Crippen molar-refractivity contribution in [2.24, 2.45) is 0 Å². The van der Waals surface area contributed by atoms with Crippen LogP contribution in [0.5, 0.6) is 0 Å². The Bertz CT molecular complexity index is 2270. The van der Waals surface area contributed by atoms with Gasteiger partial charge in [0.2, 0.25) is 0 Å². The standard InChI is InChI=1S/C86H137NO8/c1-6-8-10-12-14-16-18-20-22-24-26-28-30-32-34-36-37-38-39-40-41-42-43-44-45-46-47-49-51-53-55-57-59-61-63-65-67-69-71-73-75-77-84(89)95-82(81-94-86(85(90)91)92-79-78-87(3,4)5)80-93-83(88)76-74-72-70-68-66-64-62-60-58-56-54-52-50-48-35-33-31-29-27-25-23-21-19-17-15-13-11-9-7-2/h8-11,14-17,20-23,26-29,32,34,37-38,40-41,43-44,46-47,51,53,57,59,63,65,82,86H,6-7,12-13,18-19,24-25,30-31,33,35-36,39,42,45,48-50,52,54-56,58,60-62,64,66-81H2,1-5H3/p+1/b10-8-,11-9-,16-14-,17-15-,22-20-,23-21-,28-26-,29-27-,34-32-,38-37-,41-40-,44-43-,47-46-,53-51-,59-57-,65-63-. The van der Waals surface area contributed by atoms with E-state index in [0.717, 1.165) is 148 Å². The van der Waals surface area contributed by atoms with Crippen LogP contribution in [-0.2, 0) is 33.3 Å². The lowest BCUT2D eigenvalue weighted by molar-refractivity contribution is -0.870. The van der Waals surface area contributed by atoms with Gasteiger partial charge in [0, 0.05) is 12.8 Å². The molecular weight excluding hydrogens is 1170 g/mol. The molecule has 0 aliphatic rings. The van der Waals surface area contributed by atoms with E-state index in [0.29, 0.717) is 17.4 Å². The van der Waals surface area contributed by atoms with Gasteiger partial charge in [0.1, 0.15) is 13.2 Å². The zero-order valence-corrected chi connectivity index (χ0v) is 61.0. The van der Waals surface area contributed by atoms with Crippen molar-refractivity contribution in [3.05, 3.63) is 194 Å². The van der Waals surface area contributed by atoms with E-state index in [-0.39, 0.29) is 38.6 Å². The van der Waals surface area contributed by atoms with Crippen molar-refractivity contribution < 1.29 is 42.9 Å². The summed E-state index contributed by atoms with van der Waals surface area (Å²) in [6, 6.07) is 0. The Morgan fingerprint density at radius 2 is 0.568 bits per heavy atom. The number of carbonyl (C=O) groups is 3. The molecule has 0 fully saturated rings. The van der Waals surface area contributed by atoms with Crippen molar-refractivity contribution in [2.45, 2.75) is 283 Å². The van der Waals surface area contributed by atoms with Crippen LogP contribution in [0.4, 0.5) is 0 Å². The van der Waals surface area contributed by atoms with Crippen LogP contribution in [0.25, 0.3) is 0 Å². The fourth-order valence-electron chi connectivity index (χ4n) is 9.69. The topological polar surface area (TPSA) is 108 Å². The van der Waals surface area contributed by atoms with Crippen LogP contribution in [0.1, 0.15) is 271 Å². The predicted octanol–water partition coefficient (Wildman–Crippen LogP) is 24.1. The van der Waals surface area contributed by atoms with Crippen molar-refractivity contribution >= 4 is 17.9 Å². The van der Waals surface area contributed by atoms with Gasteiger partial charge in [-0.25, -0.2) is 4.79 Å². The highest BCUT2D eigenvalue weighted by Gasteiger charge is 2.25. The lowest BCUT2D eigenvalue weighted by Crippen LogP contribution is -2.40. The van der Waals surface area contributed by atoms with Crippen molar-refractivity contribution in [1.82, 2.24) is 0 Å². The summed E-state index contributed by atoms with van der Waals surface area (Å²) >= 11 is 0. The van der Waals surface area contributed by atoms with E-state index < -0.39 is 24.3 Å². The number of hydrogen-bond donors (Lipinski definition) is 1. The number of ether oxygens (including phenoxy) is 4. The van der Waals surface area contributed by atoms with E-state index in [2.05, 4.69) is 208 Å². The van der Waals surface area contributed by atoms with Crippen LogP contribution in [0.15, 0.2) is 194 Å². The molecule has 0 aromatic rings. The van der Waals surface area contributed by atoms with Gasteiger partial charge in [-0.05, 0) is 141 Å². The molecule has 0 radical (unpaired) electrons. The average Bonchev–Trinajstić information content (AvgIpc) is 3.54. The van der Waals surface area contributed by atoms with Crippen molar-refractivity contribution in [3.8, 4) is 0 Å². The highest BCUT2D eigenvalue weighted by atomic mass is 16.7. The zero-order chi connectivity index (χ0) is 69.0. The Morgan fingerprint density at radius 3 is 0.842 bits per heavy atom. The summed E-state index contributed by atoms with van der Waals surface area (Å²) in [4.78, 5) is 37.7. The van der Waals surface area contributed by atoms with Gasteiger partial charge in [-0.2, -0.15) is 0 Å². The monoisotopic (exact) mass is 1310 g/mol. The quantitative estimate of drug-likeness (QED) is 0.0211. The second-order valence-corrected chi connectivity index (χ2v) is 25.5. The van der Waals surface area contributed by atoms with Crippen LogP contribution >= 0.6 is 0 Å². The number of esters is 2. The van der Waals surface area contributed by atoms with Crippen LogP contribution in [0.3, 0.4) is 0 Å². The van der Waals surface area contributed by atoms with Gasteiger partial charge >= 0.3 is 17.9 Å². The molecule has 2 atom stereocenters. The molecule has 0 amide bonds. The lowest BCUT2D eigenvalue weighted by atomic mass is 10.0. The maximum atomic E-state index is 13.0. The Labute approximate surface area is 582 Å². The number of quaternary nitrogens is 1. The van der Waals surface area contributed by atoms with Gasteiger partial charge in [-0.15, -0.1) is 0 Å². The summed E-state index contributed by atoms with van der Waals surface area (Å²) < 4.78 is 23.0. The van der Waals surface area contributed by atoms with E-state index in [9.17, 15) is 19.5 Å². The number of likely N-dealkylation sites (N-methyl/N-ethyl adjacent to an activating group) is 1. The van der Waals surface area contributed by atoms with Gasteiger partial charge in [-0.3, -0.25) is 9.59 Å². The molecule has 9 heteroatoms. The first-order chi connectivity index (χ1) is 46.6. The Hall–Kier alpha value is -5.87. The minimum atomic E-state index is -1.53. The van der Waals surface area contributed by atoms with E-state index in [1.165, 1.54) is 89.9 Å². The number of hydrogen-bond acceptors (Lipinski definition) is 7. The maximum absolute atomic E-state index is 13.0. The lowest BCUT2D eigenvalue weighted by Gasteiger charge is -2.25. The zero-order valence-electron chi connectivity index (χ0n) is 61.0. The number of nitrogens with zero attached hydrogens (tertiary/aromatic N) is 1. The smallest absolute Gasteiger partial charge is 0.361 e.